The quantitative estimate of drug-likeness (QED) is 0.241. The second kappa shape index (κ2) is 10.5. The van der Waals surface area contributed by atoms with Gasteiger partial charge in [0.25, 0.3) is 0 Å². The summed E-state index contributed by atoms with van der Waals surface area (Å²) in [6.07, 6.45) is -6.08. The normalized spacial score (nSPS) is 13.2. The lowest BCUT2D eigenvalue weighted by Crippen LogP contribution is -2.37. The summed E-state index contributed by atoms with van der Waals surface area (Å²) in [4.78, 5) is 17.7. The SMILES string of the molecule is CSc1ccccc1-n1nc(Cn2nc(-c3ccc(Cl)cc3)n(C[C@H](O)C(F)(F)F)c2=O)nc1C(C)(F)F. The maximum absolute atomic E-state index is 14.5. The van der Waals surface area contributed by atoms with Crippen LogP contribution in [-0.2, 0) is 19.0 Å². The van der Waals surface area contributed by atoms with Crippen molar-refractivity contribution < 1.29 is 27.1 Å². The standard InChI is InChI=1S/C23H20ClF5N6O2S/c1-22(25,26)20-30-18(31-35(20)15-5-3-4-6-16(15)38-2)12-34-21(37)33(11-17(36)23(27,28)29)19(32-34)13-7-9-14(24)10-8-13/h3-10,17,36H,11-12H2,1-2H3/t17-/m0/s1. The van der Waals surface area contributed by atoms with Crippen LogP contribution in [-0.4, -0.2) is 52.8 Å². The number of rotatable bonds is 8. The number of alkyl halides is 5. The van der Waals surface area contributed by atoms with Gasteiger partial charge in [0.2, 0.25) is 5.82 Å². The number of benzene rings is 2. The van der Waals surface area contributed by atoms with Gasteiger partial charge in [0.1, 0.15) is 6.54 Å². The lowest BCUT2D eigenvalue weighted by atomic mass is 10.2. The van der Waals surface area contributed by atoms with E-state index >= 15 is 0 Å². The van der Waals surface area contributed by atoms with E-state index in [1.807, 2.05) is 0 Å². The minimum atomic E-state index is -4.99. The van der Waals surface area contributed by atoms with Gasteiger partial charge in [-0.1, -0.05) is 23.7 Å². The number of aromatic nitrogens is 6. The number of nitrogens with zero attached hydrogens (tertiary/aromatic N) is 6. The molecule has 0 spiro atoms. The Bertz CT molecular complexity index is 1490. The number of hydrogen-bond acceptors (Lipinski definition) is 6. The van der Waals surface area contributed by atoms with E-state index in [9.17, 15) is 31.9 Å². The Balaban J connectivity index is 1.81. The molecule has 15 heteroatoms. The van der Waals surface area contributed by atoms with Gasteiger partial charge in [-0.25, -0.2) is 19.1 Å². The molecule has 0 fully saturated rings. The summed E-state index contributed by atoms with van der Waals surface area (Å²) >= 11 is 7.20. The molecule has 1 atom stereocenters. The third-order valence-electron chi connectivity index (χ3n) is 5.41. The van der Waals surface area contributed by atoms with Gasteiger partial charge in [0.05, 0.1) is 12.2 Å². The Labute approximate surface area is 221 Å². The molecule has 4 aromatic rings. The average Bonchev–Trinajstić information content (AvgIpc) is 3.41. The van der Waals surface area contributed by atoms with Gasteiger partial charge in [-0.05, 0) is 42.7 Å². The fraction of sp³-hybridized carbons (Fsp3) is 0.304. The smallest absolute Gasteiger partial charge is 0.382 e. The Morgan fingerprint density at radius 1 is 1.05 bits per heavy atom. The fourth-order valence-electron chi connectivity index (χ4n) is 3.61. The second-order valence-corrected chi connectivity index (χ2v) is 9.55. The highest BCUT2D eigenvalue weighted by molar-refractivity contribution is 7.98. The lowest BCUT2D eigenvalue weighted by molar-refractivity contribution is -0.207. The van der Waals surface area contributed by atoms with Crippen molar-refractivity contribution in [3.8, 4) is 17.1 Å². The highest BCUT2D eigenvalue weighted by Gasteiger charge is 2.39. The molecule has 0 aliphatic rings. The van der Waals surface area contributed by atoms with E-state index < -0.39 is 42.8 Å². The molecule has 0 unspecified atom stereocenters. The molecule has 8 nitrogen and oxygen atoms in total. The van der Waals surface area contributed by atoms with Crippen molar-refractivity contribution in [2.45, 2.75) is 43.1 Å². The fourth-order valence-corrected chi connectivity index (χ4v) is 4.31. The predicted octanol–water partition coefficient (Wildman–Crippen LogP) is 4.75. The summed E-state index contributed by atoms with van der Waals surface area (Å²) in [5.41, 5.74) is -0.444. The molecule has 0 bridgehead atoms. The molecule has 0 saturated carbocycles. The Hall–Kier alpha value is -3.23. The summed E-state index contributed by atoms with van der Waals surface area (Å²) in [6, 6.07) is 12.5. The van der Waals surface area contributed by atoms with Crippen molar-refractivity contribution in [2.75, 3.05) is 6.26 Å². The van der Waals surface area contributed by atoms with Crippen molar-refractivity contribution in [1.29, 1.82) is 0 Å². The first kappa shape index (κ1) is 27.8. The summed E-state index contributed by atoms with van der Waals surface area (Å²) in [5.74, 6) is -4.51. The Morgan fingerprint density at radius 3 is 2.32 bits per heavy atom. The number of aliphatic hydroxyl groups excluding tert-OH is 1. The number of para-hydroxylation sites is 1. The number of hydrogen-bond donors (Lipinski definition) is 1. The molecule has 0 aliphatic heterocycles. The van der Waals surface area contributed by atoms with E-state index in [0.29, 0.717) is 27.1 Å². The van der Waals surface area contributed by atoms with Crippen LogP contribution >= 0.6 is 23.4 Å². The van der Waals surface area contributed by atoms with Crippen LogP contribution in [0.5, 0.6) is 0 Å². The maximum Gasteiger partial charge on any atom is 0.416 e. The molecular formula is C23H20ClF5N6O2S. The molecule has 2 aromatic carbocycles. The van der Waals surface area contributed by atoms with Crippen LogP contribution in [0, 0.1) is 0 Å². The van der Waals surface area contributed by atoms with Gasteiger partial charge in [-0.2, -0.15) is 22.0 Å². The summed E-state index contributed by atoms with van der Waals surface area (Å²) in [5, 5.41) is 18.2. The Kier molecular flexibility index (Phi) is 7.68. The molecule has 0 radical (unpaired) electrons. The molecule has 4 rings (SSSR count). The van der Waals surface area contributed by atoms with Crippen molar-refractivity contribution in [1.82, 2.24) is 29.1 Å². The van der Waals surface area contributed by atoms with Gasteiger partial charge < -0.3 is 5.11 Å². The molecular weight excluding hydrogens is 555 g/mol. The molecule has 2 heterocycles. The van der Waals surface area contributed by atoms with Crippen LogP contribution in [0.25, 0.3) is 17.1 Å². The molecule has 1 N–H and O–H groups in total. The first-order chi connectivity index (χ1) is 17.8. The molecule has 202 valence electrons. The van der Waals surface area contributed by atoms with Gasteiger partial charge in [0.15, 0.2) is 17.8 Å². The van der Waals surface area contributed by atoms with E-state index in [0.717, 1.165) is 9.36 Å². The van der Waals surface area contributed by atoms with Gasteiger partial charge in [-0.15, -0.1) is 22.0 Å². The molecule has 0 amide bonds. The van der Waals surface area contributed by atoms with Crippen molar-refractivity contribution in [3.63, 3.8) is 0 Å². The van der Waals surface area contributed by atoms with Crippen molar-refractivity contribution in [3.05, 3.63) is 75.7 Å². The van der Waals surface area contributed by atoms with Crippen LogP contribution in [0.1, 0.15) is 18.6 Å². The van der Waals surface area contributed by atoms with Crippen molar-refractivity contribution in [2.24, 2.45) is 0 Å². The topological polar surface area (TPSA) is 90.8 Å². The van der Waals surface area contributed by atoms with Crippen LogP contribution < -0.4 is 5.69 Å². The number of aliphatic hydroxyl groups is 1. The predicted molar refractivity (Wildman–Crippen MR) is 131 cm³/mol. The molecule has 38 heavy (non-hydrogen) atoms. The highest BCUT2D eigenvalue weighted by atomic mass is 35.5. The average molecular weight is 575 g/mol. The monoisotopic (exact) mass is 574 g/mol. The minimum absolute atomic E-state index is 0.192. The zero-order valence-corrected chi connectivity index (χ0v) is 21.4. The minimum Gasteiger partial charge on any atom is -0.382 e. The zero-order valence-electron chi connectivity index (χ0n) is 19.8. The lowest BCUT2D eigenvalue weighted by Gasteiger charge is -2.15. The van der Waals surface area contributed by atoms with Gasteiger partial charge in [0, 0.05) is 22.4 Å². The van der Waals surface area contributed by atoms with E-state index in [2.05, 4.69) is 15.2 Å². The largest absolute Gasteiger partial charge is 0.416 e. The zero-order chi connectivity index (χ0) is 27.8. The van der Waals surface area contributed by atoms with Crippen molar-refractivity contribution >= 4 is 23.4 Å². The number of halogens is 6. The number of thioether (sulfide) groups is 1. The second-order valence-electron chi connectivity index (χ2n) is 8.26. The van der Waals surface area contributed by atoms with Crippen LogP contribution in [0.4, 0.5) is 22.0 Å². The van der Waals surface area contributed by atoms with Crippen LogP contribution in [0.2, 0.25) is 5.02 Å². The molecule has 0 saturated heterocycles. The first-order valence-corrected chi connectivity index (χ1v) is 12.6. The highest BCUT2D eigenvalue weighted by Crippen LogP contribution is 2.31. The maximum atomic E-state index is 14.5. The van der Waals surface area contributed by atoms with Gasteiger partial charge in [-0.3, -0.25) is 4.57 Å². The van der Waals surface area contributed by atoms with Crippen LogP contribution in [0.15, 0.2) is 58.2 Å². The third-order valence-corrected chi connectivity index (χ3v) is 6.44. The van der Waals surface area contributed by atoms with E-state index in [-0.39, 0.29) is 17.2 Å². The van der Waals surface area contributed by atoms with E-state index in [4.69, 9.17) is 11.6 Å². The Morgan fingerprint density at radius 2 is 1.71 bits per heavy atom. The third kappa shape index (κ3) is 5.76. The summed E-state index contributed by atoms with van der Waals surface area (Å²) in [6.45, 7) is -1.01. The summed E-state index contributed by atoms with van der Waals surface area (Å²) in [7, 11) is 0. The first-order valence-electron chi connectivity index (χ1n) is 11.0. The van der Waals surface area contributed by atoms with Crippen LogP contribution in [0.3, 0.4) is 0 Å². The van der Waals surface area contributed by atoms with E-state index in [1.54, 1.807) is 30.5 Å². The van der Waals surface area contributed by atoms with Gasteiger partial charge >= 0.3 is 17.8 Å². The molecule has 2 aromatic heterocycles. The van der Waals surface area contributed by atoms with E-state index in [1.165, 1.54) is 36.0 Å². The summed E-state index contributed by atoms with van der Waals surface area (Å²) < 4.78 is 70.6. The molecule has 0 aliphatic carbocycles.